The second-order valence-corrected chi connectivity index (χ2v) is 24.9. The van der Waals surface area contributed by atoms with E-state index in [0.717, 1.165) is 22.2 Å². The quantitative estimate of drug-likeness (QED) is 0.0285. The van der Waals surface area contributed by atoms with Gasteiger partial charge in [-0.3, -0.25) is 23.4 Å². The van der Waals surface area contributed by atoms with Crippen molar-refractivity contribution in [3.63, 3.8) is 0 Å². The molecule has 1 aliphatic carbocycles. The SMILES string of the molecule is CC(C)N1c2cc(NC(=O)CCCCOP(Oc3ccccc3)Oc3ccccc3)c(C3=C(O)/C(=c4/cc5c(cc4NC(=O)CCCCOP(Oc4ccccc4)Oc4ccccc4)=[N+](C(C)C)C(C)C5(C)C)C3=O)cc2C(C)(C)C1C. The molecule has 0 saturated heterocycles. The lowest BCUT2D eigenvalue weighted by molar-refractivity contribution is -0.117. The Labute approximate surface area is 485 Å². The van der Waals surface area contributed by atoms with Crippen LogP contribution in [0.15, 0.2) is 151 Å². The second-order valence-electron chi connectivity index (χ2n) is 22.8. The average molecular weight is 1150 g/mol. The maximum atomic E-state index is 15.1. The number of anilines is 3. The summed E-state index contributed by atoms with van der Waals surface area (Å²) in [4.78, 5) is 45.7. The van der Waals surface area contributed by atoms with E-state index in [4.69, 9.17) is 27.1 Å². The van der Waals surface area contributed by atoms with E-state index in [-0.39, 0.29) is 95.6 Å². The number of carbonyl (C=O) groups excluding carboxylic acids is 3. The number of unbranched alkanes of at least 4 members (excludes halogenated alkanes) is 2. The zero-order chi connectivity index (χ0) is 58.3. The van der Waals surface area contributed by atoms with Crippen LogP contribution in [0.2, 0.25) is 0 Å². The van der Waals surface area contributed by atoms with Gasteiger partial charge in [0.1, 0.15) is 34.8 Å². The van der Waals surface area contributed by atoms with Crippen molar-refractivity contribution in [2.24, 2.45) is 0 Å². The van der Waals surface area contributed by atoms with Crippen molar-refractivity contribution in [3.8, 4) is 23.0 Å². The van der Waals surface area contributed by atoms with Crippen molar-refractivity contribution in [1.29, 1.82) is 0 Å². The number of nitrogens with one attached hydrogen (secondary N) is 2. The summed E-state index contributed by atoms with van der Waals surface area (Å²) in [6, 6.07) is 45.8. The molecule has 0 spiro atoms. The molecular formula is C66H77N4O10P2+. The molecule has 430 valence electrons. The number of allylic oxidation sites excluding steroid dienone is 2. The maximum absolute atomic E-state index is 15.1. The van der Waals surface area contributed by atoms with Gasteiger partial charge in [-0.05, 0) is 153 Å². The monoisotopic (exact) mass is 1150 g/mol. The van der Waals surface area contributed by atoms with Crippen molar-refractivity contribution in [2.75, 3.05) is 28.7 Å². The summed E-state index contributed by atoms with van der Waals surface area (Å²) in [7, 11) is -3.57. The Hall–Kier alpha value is -7.08. The van der Waals surface area contributed by atoms with Crippen LogP contribution in [0.3, 0.4) is 0 Å². The minimum Gasteiger partial charge on any atom is -0.506 e. The molecule has 2 heterocycles. The van der Waals surface area contributed by atoms with Gasteiger partial charge >= 0.3 is 17.2 Å². The number of aliphatic hydroxyl groups excluding tert-OH is 1. The number of hydrogen-bond acceptors (Lipinski definition) is 11. The number of aliphatic hydroxyl groups is 1. The molecule has 0 saturated carbocycles. The molecule has 0 bridgehead atoms. The Morgan fingerprint density at radius 1 is 0.598 bits per heavy atom. The van der Waals surface area contributed by atoms with E-state index in [2.05, 4.69) is 89.3 Å². The third-order valence-electron chi connectivity index (χ3n) is 15.9. The van der Waals surface area contributed by atoms with Gasteiger partial charge in [0.15, 0.2) is 6.04 Å². The first-order chi connectivity index (χ1) is 39.3. The van der Waals surface area contributed by atoms with Gasteiger partial charge in [0, 0.05) is 58.4 Å². The van der Waals surface area contributed by atoms with Gasteiger partial charge in [0.25, 0.3) is 0 Å². The average Bonchev–Trinajstić information content (AvgIpc) is 3.89. The van der Waals surface area contributed by atoms with Crippen LogP contribution >= 0.6 is 17.2 Å². The molecule has 0 fully saturated rings. The van der Waals surface area contributed by atoms with Crippen LogP contribution in [-0.4, -0.2) is 60.1 Å². The molecule has 6 aromatic carbocycles. The van der Waals surface area contributed by atoms with Crippen molar-refractivity contribution in [2.45, 2.75) is 143 Å². The maximum Gasteiger partial charge on any atom is 0.463 e. The smallest absolute Gasteiger partial charge is 0.463 e. The van der Waals surface area contributed by atoms with Gasteiger partial charge in [0.2, 0.25) is 23.0 Å². The van der Waals surface area contributed by atoms with E-state index < -0.39 is 17.2 Å². The molecule has 3 aliphatic rings. The summed E-state index contributed by atoms with van der Waals surface area (Å²) >= 11 is 0. The first kappa shape index (κ1) is 59.5. The highest BCUT2D eigenvalue weighted by molar-refractivity contribution is 7.42. The summed E-state index contributed by atoms with van der Waals surface area (Å²) in [6.45, 7) is 22.3. The minimum absolute atomic E-state index is 0.0895. The van der Waals surface area contributed by atoms with Crippen molar-refractivity contribution >= 4 is 63.0 Å². The summed E-state index contributed by atoms with van der Waals surface area (Å²) in [6.07, 6.45) is 2.42. The molecule has 2 aliphatic heterocycles. The van der Waals surface area contributed by atoms with Crippen LogP contribution in [0.5, 0.6) is 23.0 Å². The highest BCUT2D eigenvalue weighted by Crippen LogP contribution is 2.51. The van der Waals surface area contributed by atoms with Crippen LogP contribution in [0.1, 0.15) is 124 Å². The van der Waals surface area contributed by atoms with Crippen molar-refractivity contribution in [3.05, 3.63) is 179 Å². The minimum atomic E-state index is -1.79. The molecule has 16 heteroatoms. The zero-order valence-corrected chi connectivity index (χ0v) is 50.5. The van der Waals surface area contributed by atoms with Crippen LogP contribution in [-0.2, 0) is 34.3 Å². The molecular weight excluding hydrogens is 1070 g/mol. The molecule has 14 nitrogen and oxygen atoms in total. The topological polar surface area (TPSA) is 157 Å². The van der Waals surface area contributed by atoms with Gasteiger partial charge < -0.3 is 38.7 Å². The number of nitrogens with zero attached hydrogens (tertiary/aromatic N) is 2. The lowest BCUT2D eigenvalue weighted by Gasteiger charge is -2.34. The third kappa shape index (κ3) is 13.2. The fourth-order valence-electron chi connectivity index (χ4n) is 11.1. The largest absolute Gasteiger partial charge is 0.506 e. The Bertz CT molecular complexity index is 3330. The number of fused-ring (bicyclic) bond motifs is 2. The number of ketones is 1. The lowest BCUT2D eigenvalue weighted by Crippen LogP contribution is -2.42. The van der Waals surface area contributed by atoms with E-state index >= 15 is 4.79 Å². The number of para-hydroxylation sites is 4. The molecule has 3 N–H and O–H groups in total. The van der Waals surface area contributed by atoms with Gasteiger partial charge in [0.05, 0.1) is 41.1 Å². The number of hydrogen-bond donors (Lipinski definition) is 3. The van der Waals surface area contributed by atoms with Crippen LogP contribution in [0, 0.1) is 0 Å². The Morgan fingerprint density at radius 2 is 1.05 bits per heavy atom. The van der Waals surface area contributed by atoms with Crippen LogP contribution in [0.25, 0.3) is 11.1 Å². The summed E-state index contributed by atoms with van der Waals surface area (Å²) in [5.74, 6) is 1.41. The molecule has 9 rings (SSSR count). The first-order valence-electron chi connectivity index (χ1n) is 28.5. The molecule has 0 radical (unpaired) electrons. The number of rotatable bonds is 25. The Kier molecular flexibility index (Phi) is 18.9. The predicted molar refractivity (Wildman–Crippen MR) is 328 cm³/mol. The van der Waals surface area contributed by atoms with E-state index in [0.29, 0.717) is 70.8 Å². The zero-order valence-electron chi connectivity index (χ0n) is 48.7. The highest BCUT2D eigenvalue weighted by Gasteiger charge is 2.48. The number of Topliss-reactive ketones (excluding diaryl/α,β-unsaturated/α-hetero) is 1. The summed E-state index contributed by atoms with van der Waals surface area (Å²) in [5, 5.41) is 20.2. The molecule has 2 atom stereocenters. The van der Waals surface area contributed by atoms with Crippen LogP contribution < -0.4 is 48.8 Å². The first-order valence-corrected chi connectivity index (χ1v) is 30.7. The normalized spacial score (nSPS) is 17.5. The lowest BCUT2D eigenvalue weighted by atomic mass is 9.76. The van der Waals surface area contributed by atoms with Gasteiger partial charge in [-0.1, -0.05) is 86.6 Å². The van der Waals surface area contributed by atoms with E-state index in [9.17, 15) is 14.7 Å². The van der Waals surface area contributed by atoms with E-state index in [1.54, 1.807) is 0 Å². The highest BCUT2D eigenvalue weighted by atomic mass is 31.2. The predicted octanol–water partition coefficient (Wildman–Crippen LogP) is 13.9. The summed E-state index contributed by atoms with van der Waals surface area (Å²) < 4.78 is 39.0. The van der Waals surface area contributed by atoms with Crippen LogP contribution in [0.4, 0.5) is 17.1 Å². The fraction of sp³-hybridized carbons (Fsp3) is 0.364. The molecule has 2 amide bonds. The van der Waals surface area contributed by atoms with E-state index in [1.807, 2.05) is 146 Å². The standard InChI is InChI=1S/C66H76N4O10P2/c1-43(2)69-45(5)65(7,8)53-39-51(55(41-57(53)69)67-59(71)35-23-25-37-75-81(77-47-27-15-11-16-28-47)78-48-29-17-12-18-30-48)61-63(73)62(64(61)74)52-40-54-58(70(44(3)4)46(6)66(54,9)10)42-56(52)68-60(72)36-24-26-38-76-82(79-49-31-19-13-20-32-49)80-50-33-21-14-22-34-50/h11-22,27-34,39-46H,23-26,35-38H2,1-10H3,(H2,67,68,71,72,73,74)/p+1. The Balaban J connectivity index is 0.970. The van der Waals surface area contributed by atoms with Gasteiger partial charge in [-0.15, -0.1) is 0 Å². The van der Waals surface area contributed by atoms with Gasteiger partial charge in [-0.2, -0.15) is 0 Å². The van der Waals surface area contributed by atoms with Crippen molar-refractivity contribution < 1.29 is 46.6 Å². The fourth-order valence-corrected chi connectivity index (χ4v) is 13.1. The Morgan fingerprint density at radius 3 is 1.48 bits per heavy atom. The molecule has 82 heavy (non-hydrogen) atoms. The number of carbonyl (C=O) groups is 3. The third-order valence-corrected chi connectivity index (χ3v) is 18.2. The molecule has 0 aromatic heterocycles. The van der Waals surface area contributed by atoms with E-state index in [1.165, 1.54) is 0 Å². The summed E-state index contributed by atoms with van der Waals surface area (Å²) in [5.41, 5.74) is 3.82. The molecule has 2 unspecified atom stereocenters. The number of benzene rings is 6. The second kappa shape index (κ2) is 26.0. The van der Waals surface area contributed by atoms with Gasteiger partial charge in [-0.25, -0.2) is 4.58 Å². The molecule has 6 aromatic rings. The van der Waals surface area contributed by atoms with Crippen molar-refractivity contribution in [1.82, 2.24) is 4.58 Å². The number of amides is 2.